The van der Waals surface area contributed by atoms with E-state index in [1.54, 1.807) is 0 Å². The Kier molecular flexibility index (Phi) is 58.7. The Morgan fingerprint density at radius 3 is 0.836 bits per heavy atom. The van der Waals surface area contributed by atoms with Gasteiger partial charge in [0.15, 0.2) is 6.10 Å². The third kappa shape index (κ3) is 59.6. The molecule has 0 aliphatic rings. The molecule has 73 heavy (non-hydrogen) atoms. The van der Waals surface area contributed by atoms with Crippen molar-refractivity contribution in [3.05, 3.63) is 72.9 Å². The molecule has 0 amide bonds. The number of hydrogen-bond donors (Lipinski definition) is 0. The minimum Gasteiger partial charge on any atom is -0.462 e. The number of rotatable bonds is 57. The molecule has 0 saturated heterocycles. The Morgan fingerprint density at radius 2 is 0.534 bits per heavy atom. The van der Waals surface area contributed by atoms with Crippen LogP contribution in [0, 0.1) is 0 Å². The van der Waals surface area contributed by atoms with Crippen LogP contribution in [0.25, 0.3) is 0 Å². The molecule has 1 unspecified atom stereocenters. The summed E-state index contributed by atoms with van der Waals surface area (Å²) in [4.78, 5) is 38.3. The molecule has 0 aliphatic carbocycles. The molecule has 0 aromatic heterocycles. The van der Waals surface area contributed by atoms with Crippen molar-refractivity contribution in [1.29, 1.82) is 0 Å². The lowest BCUT2D eigenvalue weighted by atomic mass is 10.0. The van der Waals surface area contributed by atoms with Crippen LogP contribution in [0.15, 0.2) is 72.9 Å². The Labute approximate surface area is 453 Å². The average Bonchev–Trinajstić information content (AvgIpc) is 3.39. The predicted octanol–water partition coefficient (Wildman–Crippen LogP) is 21.3. The van der Waals surface area contributed by atoms with E-state index in [2.05, 4.69) is 93.7 Å². The monoisotopic (exact) mass is 1020 g/mol. The Balaban J connectivity index is 4.38. The van der Waals surface area contributed by atoms with Crippen LogP contribution in [0.4, 0.5) is 0 Å². The first-order chi connectivity index (χ1) is 36.0. The van der Waals surface area contributed by atoms with E-state index in [4.69, 9.17) is 14.2 Å². The summed E-state index contributed by atoms with van der Waals surface area (Å²) in [5, 5.41) is 0. The number of unbranched alkanes of at least 4 members (excludes halogenated alkanes) is 34. The van der Waals surface area contributed by atoms with Crippen molar-refractivity contribution in [3.63, 3.8) is 0 Å². The normalized spacial score (nSPS) is 12.5. The maximum absolute atomic E-state index is 12.9. The second-order valence-electron chi connectivity index (χ2n) is 20.9. The molecule has 0 aromatic carbocycles. The highest BCUT2D eigenvalue weighted by Crippen LogP contribution is 2.16. The fraction of sp³-hybridized carbons (Fsp3) is 0.776. The summed E-state index contributed by atoms with van der Waals surface area (Å²) in [5.41, 5.74) is 0. The molecule has 0 fully saturated rings. The van der Waals surface area contributed by atoms with E-state index in [0.29, 0.717) is 19.3 Å². The molecule has 6 nitrogen and oxygen atoms in total. The number of ether oxygens (including phenoxy) is 3. The third-order valence-electron chi connectivity index (χ3n) is 13.7. The first-order valence-electron chi connectivity index (χ1n) is 31.4. The van der Waals surface area contributed by atoms with Gasteiger partial charge in [0, 0.05) is 19.3 Å². The molecule has 0 bridgehead atoms. The molecule has 0 saturated carbocycles. The summed E-state index contributed by atoms with van der Waals surface area (Å²) < 4.78 is 16.9. The van der Waals surface area contributed by atoms with Gasteiger partial charge in [0.05, 0.1) is 0 Å². The topological polar surface area (TPSA) is 78.9 Å². The van der Waals surface area contributed by atoms with Crippen LogP contribution < -0.4 is 0 Å². The SMILES string of the molecule is CC/C=C\C/C=C\C/C=C\C/C=C\CCCCCCCCC(=O)OC(COC(=O)CCCCCCCCCCC/C=C\C/C=C\CCCCCCC)COC(=O)CCCCCCCCCCCCCCCCC. The van der Waals surface area contributed by atoms with E-state index in [9.17, 15) is 14.4 Å². The van der Waals surface area contributed by atoms with Gasteiger partial charge < -0.3 is 14.2 Å². The molecule has 0 aromatic rings. The van der Waals surface area contributed by atoms with Crippen molar-refractivity contribution in [2.75, 3.05) is 13.2 Å². The van der Waals surface area contributed by atoms with Gasteiger partial charge in [-0.1, -0.05) is 280 Å². The first kappa shape index (κ1) is 69.8. The Hall–Kier alpha value is -3.15. The largest absolute Gasteiger partial charge is 0.462 e. The molecular weight excluding hydrogens is 901 g/mol. The number of carbonyl (C=O) groups is 3. The van der Waals surface area contributed by atoms with E-state index in [-0.39, 0.29) is 31.1 Å². The second-order valence-corrected chi connectivity index (χ2v) is 20.9. The lowest BCUT2D eigenvalue weighted by molar-refractivity contribution is -0.167. The lowest BCUT2D eigenvalue weighted by Gasteiger charge is -2.18. The summed E-state index contributed by atoms with van der Waals surface area (Å²) in [6, 6.07) is 0. The molecule has 6 heteroatoms. The van der Waals surface area contributed by atoms with Gasteiger partial charge in [0.1, 0.15) is 13.2 Å². The summed E-state index contributed by atoms with van der Waals surface area (Å²) in [6.07, 6.45) is 78.9. The average molecular weight is 1020 g/mol. The van der Waals surface area contributed by atoms with Crippen molar-refractivity contribution in [2.45, 2.75) is 322 Å². The van der Waals surface area contributed by atoms with Crippen molar-refractivity contribution in [2.24, 2.45) is 0 Å². The standard InChI is InChI=1S/C67H118O6/c1-4-7-10-13-16-19-22-25-28-30-32-33-35-36-39-42-45-48-51-54-57-60-66(69)72-63-64(62-71-65(68)59-56-53-50-47-44-41-38-27-24-21-18-15-12-9-6-3)73-67(70)61-58-55-52-49-46-43-40-37-34-31-29-26-23-20-17-14-11-8-5-2/h8,11,17,20,22,25-26,29-30,32,34,37,64H,4-7,9-10,12-16,18-19,21,23-24,27-28,31,33,35-36,38-63H2,1-3H3/b11-8-,20-17-,25-22-,29-26-,32-30-,37-34-. The van der Waals surface area contributed by atoms with Crippen LogP contribution in [0.1, 0.15) is 316 Å². The zero-order chi connectivity index (χ0) is 52.9. The molecule has 0 N–H and O–H groups in total. The maximum atomic E-state index is 12.9. The van der Waals surface area contributed by atoms with Gasteiger partial charge in [-0.05, 0) is 89.9 Å². The number of esters is 3. The molecule has 422 valence electrons. The minimum atomic E-state index is -0.785. The number of hydrogen-bond acceptors (Lipinski definition) is 6. The van der Waals surface area contributed by atoms with Crippen molar-refractivity contribution >= 4 is 17.9 Å². The highest BCUT2D eigenvalue weighted by Gasteiger charge is 2.19. The van der Waals surface area contributed by atoms with Gasteiger partial charge in [-0.15, -0.1) is 0 Å². The maximum Gasteiger partial charge on any atom is 0.306 e. The summed E-state index contributed by atoms with van der Waals surface area (Å²) in [6.45, 7) is 6.54. The predicted molar refractivity (Wildman–Crippen MR) is 316 cm³/mol. The van der Waals surface area contributed by atoms with Gasteiger partial charge in [-0.3, -0.25) is 14.4 Å². The molecule has 0 aliphatic heterocycles. The Bertz CT molecular complexity index is 1360. The van der Waals surface area contributed by atoms with Crippen molar-refractivity contribution in [1.82, 2.24) is 0 Å². The number of allylic oxidation sites excluding steroid dienone is 12. The third-order valence-corrected chi connectivity index (χ3v) is 13.7. The second kappa shape index (κ2) is 61.4. The minimum absolute atomic E-state index is 0.0798. The van der Waals surface area contributed by atoms with Crippen LogP contribution in [-0.2, 0) is 28.6 Å². The molecule has 0 radical (unpaired) electrons. The summed E-state index contributed by atoms with van der Waals surface area (Å²) in [5.74, 6) is -0.883. The van der Waals surface area contributed by atoms with Crippen molar-refractivity contribution in [3.8, 4) is 0 Å². The van der Waals surface area contributed by atoms with Crippen LogP contribution >= 0.6 is 0 Å². The first-order valence-corrected chi connectivity index (χ1v) is 31.4. The van der Waals surface area contributed by atoms with Gasteiger partial charge >= 0.3 is 17.9 Å². The van der Waals surface area contributed by atoms with Crippen LogP contribution in [0.5, 0.6) is 0 Å². The Morgan fingerprint density at radius 1 is 0.288 bits per heavy atom. The fourth-order valence-electron chi connectivity index (χ4n) is 9.00. The quantitative estimate of drug-likeness (QED) is 0.0261. The van der Waals surface area contributed by atoms with Gasteiger partial charge in [-0.2, -0.15) is 0 Å². The van der Waals surface area contributed by atoms with E-state index in [1.165, 1.54) is 173 Å². The lowest BCUT2D eigenvalue weighted by Crippen LogP contribution is -2.30. The van der Waals surface area contributed by atoms with Gasteiger partial charge in [0.25, 0.3) is 0 Å². The van der Waals surface area contributed by atoms with Crippen LogP contribution in [0.3, 0.4) is 0 Å². The van der Waals surface area contributed by atoms with E-state index in [0.717, 1.165) is 103 Å². The van der Waals surface area contributed by atoms with E-state index < -0.39 is 6.10 Å². The zero-order valence-corrected chi connectivity index (χ0v) is 48.4. The fourth-order valence-corrected chi connectivity index (χ4v) is 9.00. The summed E-state index contributed by atoms with van der Waals surface area (Å²) in [7, 11) is 0. The summed E-state index contributed by atoms with van der Waals surface area (Å²) >= 11 is 0. The highest BCUT2D eigenvalue weighted by atomic mass is 16.6. The van der Waals surface area contributed by atoms with Crippen LogP contribution in [-0.4, -0.2) is 37.2 Å². The molecular formula is C67H118O6. The molecule has 1 atom stereocenters. The molecule has 0 heterocycles. The highest BCUT2D eigenvalue weighted by molar-refractivity contribution is 5.71. The van der Waals surface area contributed by atoms with Gasteiger partial charge in [-0.25, -0.2) is 0 Å². The zero-order valence-electron chi connectivity index (χ0n) is 48.4. The smallest absolute Gasteiger partial charge is 0.306 e. The van der Waals surface area contributed by atoms with E-state index in [1.807, 2.05) is 0 Å². The van der Waals surface area contributed by atoms with E-state index >= 15 is 0 Å². The molecule has 0 rings (SSSR count). The number of carbonyl (C=O) groups excluding carboxylic acids is 3. The van der Waals surface area contributed by atoms with Crippen LogP contribution in [0.2, 0.25) is 0 Å². The molecule has 0 spiro atoms. The van der Waals surface area contributed by atoms with Crippen molar-refractivity contribution < 1.29 is 28.6 Å². The van der Waals surface area contributed by atoms with Gasteiger partial charge in [0.2, 0.25) is 0 Å².